The van der Waals surface area contributed by atoms with E-state index in [0.29, 0.717) is 24.6 Å². The van der Waals surface area contributed by atoms with E-state index in [1.54, 1.807) is 7.05 Å². The van der Waals surface area contributed by atoms with Gasteiger partial charge in [0.1, 0.15) is 35.8 Å². The van der Waals surface area contributed by atoms with Crippen LogP contribution in [0.15, 0.2) is 11.8 Å². The predicted molar refractivity (Wildman–Crippen MR) is 157 cm³/mol. The molecule has 1 saturated heterocycles. The van der Waals surface area contributed by atoms with Crippen molar-refractivity contribution < 1.29 is 39.4 Å². The normalized spacial score (nSPS) is 44.1. The van der Waals surface area contributed by atoms with Crippen molar-refractivity contribution in [3.63, 3.8) is 0 Å². The maximum atomic E-state index is 12.8. The Morgan fingerprint density at radius 1 is 1.19 bits per heavy atom. The number of amides is 1. The topological polar surface area (TPSA) is 266 Å². The van der Waals surface area contributed by atoms with Gasteiger partial charge in [-0.1, -0.05) is 0 Å². The lowest BCUT2D eigenvalue weighted by Gasteiger charge is -2.50. The molecule has 12 atom stereocenters. The van der Waals surface area contributed by atoms with E-state index >= 15 is 0 Å². The van der Waals surface area contributed by atoms with Gasteiger partial charge in [-0.2, -0.15) is 0 Å². The Hall–Kier alpha value is -1.47. The van der Waals surface area contributed by atoms with Crippen LogP contribution in [0.3, 0.4) is 0 Å². The highest BCUT2D eigenvalue weighted by atomic mass is 16.7. The minimum Gasteiger partial charge on any atom is -0.492 e. The first kappa shape index (κ1) is 34.4. The van der Waals surface area contributed by atoms with Gasteiger partial charge in [-0.15, -0.1) is 0 Å². The van der Waals surface area contributed by atoms with Crippen molar-refractivity contribution in [2.75, 3.05) is 33.3 Å². The van der Waals surface area contributed by atoms with Gasteiger partial charge in [0.2, 0.25) is 5.91 Å². The second-order valence-electron chi connectivity index (χ2n) is 13.0. The number of hydrogen-bond donors (Lipinski definition) is 11. The highest BCUT2D eigenvalue weighted by Crippen LogP contribution is 2.36. The predicted octanol–water partition coefficient (Wildman–Crippen LogP) is -4.34. The lowest BCUT2D eigenvalue weighted by molar-refractivity contribution is -0.297. The second-order valence-corrected chi connectivity index (χ2v) is 13.0. The molecule has 0 radical (unpaired) electrons. The number of nitrogens with one attached hydrogen (secondary N) is 3. The van der Waals surface area contributed by atoms with Crippen LogP contribution in [0.2, 0.25) is 0 Å². The highest BCUT2D eigenvalue weighted by Gasteiger charge is 2.53. The molecule has 3 fully saturated rings. The van der Waals surface area contributed by atoms with Crippen LogP contribution in [-0.4, -0.2) is 132 Å². The molecule has 4 aliphatic rings. The summed E-state index contributed by atoms with van der Waals surface area (Å²) in [7, 11) is 1.60. The third kappa shape index (κ3) is 8.04. The van der Waals surface area contributed by atoms with E-state index in [-0.39, 0.29) is 32.0 Å². The van der Waals surface area contributed by atoms with Crippen molar-refractivity contribution in [3.05, 3.63) is 11.8 Å². The van der Waals surface area contributed by atoms with Crippen molar-refractivity contribution in [1.29, 1.82) is 0 Å². The quantitative estimate of drug-likeness (QED) is 0.0991. The molecule has 0 bridgehead atoms. The first-order valence-electron chi connectivity index (χ1n) is 15.4. The number of carbonyl (C=O) groups is 1. The fourth-order valence-electron chi connectivity index (χ4n) is 6.88. The van der Waals surface area contributed by atoms with Gasteiger partial charge < -0.3 is 73.5 Å². The van der Waals surface area contributed by atoms with E-state index in [1.807, 2.05) is 6.08 Å². The molecule has 2 saturated carbocycles. The van der Waals surface area contributed by atoms with Gasteiger partial charge >= 0.3 is 0 Å². The Kier molecular flexibility index (Phi) is 11.8. The summed E-state index contributed by atoms with van der Waals surface area (Å²) in [6, 6.07) is -2.49. The molecule has 0 aromatic heterocycles. The molecule has 0 aromatic carbocycles. The Morgan fingerprint density at radius 2 is 1.91 bits per heavy atom. The molecule has 0 aromatic rings. The first-order valence-corrected chi connectivity index (χ1v) is 15.4. The summed E-state index contributed by atoms with van der Waals surface area (Å²) in [5.74, 6) is -0.128. The number of carbonyl (C=O) groups excluding carboxylic acids is 1. The summed E-state index contributed by atoms with van der Waals surface area (Å²) >= 11 is 0. The van der Waals surface area contributed by atoms with E-state index in [2.05, 4.69) is 16.0 Å². The summed E-state index contributed by atoms with van der Waals surface area (Å²) in [5.41, 5.74) is 23.2. The van der Waals surface area contributed by atoms with Gasteiger partial charge in [-0.05, 0) is 71.2 Å². The smallest absolute Gasteiger partial charge is 0.249 e. The van der Waals surface area contributed by atoms with Gasteiger partial charge in [0.25, 0.3) is 0 Å². The number of ether oxygens (including phenoxy) is 3. The maximum Gasteiger partial charge on any atom is 0.249 e. The zero-order valence-corrected chi connectivity index (χ0v) is 25.2. The van der Waals surface area contributed by atoms with Crippen LogP contribution in [0.5, 0.6) is 0 Å². The summed E-state index contributed by atoms with van der Waals surface area (Å²) in [6.07, 6.45) is -2.33. The molecule has 2 aliphatic heterocycles. The first-order chi connectivity index (χ1) is 20.4. The average Bonchev–Trinajstić information content (AvgIpc) is 2.92. The monoisotopic (exact) mass is 615 g/mol. The number of hydrogen-bond acceptors (Lipinski definition) is 14. The van der Waals surface area contributed by atoms with Gasteiger partial charge in [-0.25, -0.2) is 0 Å². The van der Waals surface area contributed by atoms with E-state index in [1.165, 1.54) is 6.92 Å². The molecule has 1 amide bonds. The number of nitrogens with two attached hydrogens (primary N) is 4. The van der Waals surface area contributed by atoms with E-state index in [9.17, 15) is 25.2 Å². The molecule has 15 N–H and O–H groups in total. The van der Waals surface area contributed by atoms with E-state index < -0.39 is 78.4 Å². The third-order valence-electron chi connectivity index (χ3n) is 9.36. The Balaban J connectivity index is 1.50. The third-order valence-corrected chi connectivity index (χ3v) is 9.36. The number of rotatable bonds is 12. The van der Waals surface area contributed by atoms with Gasteiger partial charge in [0.05, 0.1) is 31.3 Å². The lowest BCUT2D eigenvalue weighted by atomic mass is 9.72. The number of aliphatic hydroxyl groups is 4. The van der Waals surface area contributed by atoms with E-state index in [4.69, 9.17) is 37.1 Å². The molecule has 2 aliphatic carbocycles. The molecule has 2 heterocycles. The van der Waals surface area contributed by atoms with Crippen LogP contribution < -0.4 is 38.9 Å². The van der Waals surface area contributed by atoms with Crippen LogP contribution in [0.4, 0.5) is 0 Å². The molecule has 1 unspecified atom stereocenters. The van der Waals surface area contributed by atoms with Crippen molar-refractivity contribution in [3.8, 4) is 0 Å². The molecular formula is C28H53N7O8. The SMILES string of the molecule is CN[C@@H]1[C@@H](O)[C@@H](O[C@H]2[C@H](NC(=O)[C@@H](O)CCN)C[C@H](N)C([C@H]3OC(CNCC4CC(N)C4)=CC[C@H]3N)[C@@H]2O)OC[C@]1(C)O. The Labute approximate surface area is 253 Å². The van der Waals surface area contributed by atoms with Gasteiger partial charge in [-0.3, -0.25) is 4.79 Å². The summed E-state index contributed by atoms with van der Waals surface area (Å²) in [6.45, 7) is 2.81. The van der Waals surface area contributed by atoms with Crippen LogP contribution in [-0.2, 0) is 19.0 Å². The largest absolute Gasteiger partial charge is 0.492 e. The minimum absolute atomic E-state index is 0.0478. The summed E-state index contributed by atoms with van der Waals surface area (Å²) in [5, 5.41) is 52.8. The zero-order chi connectivity index (χ0) is 31.5. The van der Waals surface area contributed by atoms with Crippen molar-refractivity contribution >= 4 is 5.91 Å². The molecule has 43 heavy (non-hydrogen) atoms. The van der Waals surface area contributed by atoms with Gasteiger partial charge in [0.15, 0.2) is 6.29 Å². The van der Waals surface area contributed by atoms with Crippen LogP contribution in [0.1, 0.15) is 39.0 Å². The molecule has 15 heteroatoms. The summed E-state index contributed by atoms with van der Waals surface area (Å²) < 4.78 is 18.2. The van der Waals surface area contributed by atoms with Crippen molar-refractivity contribution in [1.82, 2.24) is 16.0 Å². The fraction of sp³-hybridized carbons (Fsp3) is 0.893. The highest BCUT2D eigenvalue weighted by molar-refractivity contribution is 5.80. The van der Waals surface area contributed by atoms with Crippen molar-refractivity contribution in [2.24, 2.45) is 34.8 Å². The average molecular weight is 616 g/mol. The molecule has 15 nitrogen and oxygen atoms in total. The molecular weight excluding hydrogens is 562 g/mol. The lowest BCUT2D eigenvalue weighted by Crippen LogP contribution is -2.69. The van der Waals surface area contributed by atoms with Gasteiger partial charge in [0, 0.05) is 24.0 Å². The molecule has 248 valence electrons. The Bertz CT molecular complexity index is 954. The zero-order valence-electron chi connectivity index (χ0n) is 25.2. The number of likely N-dealkylation sites (N-methyl/N-ethyl adjacent to an activating group) is 1. The van der Waals surface area contributed by atoms with Crippen LogP contribution in [0.25, 0.3) is 0 Å². The Morgan fingerprint density at radius 3 is 2.56 bits per heavy atom. The van der Waals surface area contributed by atoms with Crippen molar-refractivity contribution in [2.45, 2.75) is 112 Å². The molecule has 4 rings (SSSR count). The molecule has 0 spiro atoms. The fourth-order valence-corrected chi connectivity index (χ4v) is 6.88. The number of aliphatic hydroxyl groups excluding tert-OH is 3. The standard InChI is InChI=1S/C28H53N7O8/c1-28(40)12-41-27(22(38)25(28)33-2)43-24-18(35-26(39)19(36)5-6-29)9-17(32)20(21(24)37)23-16(31)4-3-15(42-23)11-34-10-13-7-14(30)8-13/h3,13-14,16-25,27,33-34,36-38,40H,4-12,29-32H2,1-2H3,(H,35,39)/t13?,14?,16-,17+,18-,19+,20?,21+,22-,23+,24+,25-,27-,28+/m1/s1. The minimum atomic E-state index is -1.38. The second kappa shape index (κ2) is 14.7. The van der Waals surface area contributed by atoms with E-state index in [0.717, 1.165) is 19.4 Å². The van der Waals surface area contributed by atoms with Crippen LogP contribution in [0, 0.1) is 11.8 Å². The van der Waals surface area contributed by atoms with Crippen LogP contribution >= 0.6 is 0 Å². The summed E-state index contributed by atoms with van der Waals surface area (Å²) in [4.78, 5) is 12.8. The maximum absolute atomic E-state index is 12.8.